The number of rotatable bonds is 3. The van der Waals surface area contributed by atoms with Crippen LogP contribution in [0.1, 0.15) is 18.5 Å². The zero-order valence-electron chi connectivity index (χ0n) is 13.0. The summed E-state index contributed by atoms with van der Waals surface area (Å²) in [5.41, 5.74) is 2.45. The quantitative estimate of drug-likeness (QED) is 0.798. The first-order valence-corrected chi connectivity index (χ1v) is 7.82. The van der Waals surface area contributed by atoms with Gasteiger partial charge in [0.05, 0.1) is 11.6 Å². The first kappa shape index (κ1) is 16.1. The van der Waals surface area contributed by atoms with Crippen molar-refractivity contribution >= 4 is 29.2 Å². The molecule has 3 amide bonds. The molecule has 0 saturated carbocycles. The molecule has 5 nitrogen and oxygen atoms in total. The Labute approximate surface area is 144 Å². The SMILES string of the molecule is CC1=C(C(=O)Nc2ccccc2)C(c2ccc(Cl)cc2)NC(=O)N1. The summed E-state index contributed by atoms with van der Waals surface area (Å²) >= 11 is 5.92. The third-order valence-electron chi connectivity index (χ3n) is 3.75. The highest BCUT2D eigenvalue weighted by Gasteiger charge is 2.31. The Kier molecular flexibility index (Phi) is 4.53. The Morgan fingerprint density at radius 3 is 2.42 bits per heavy atom. The fourth-order valence-corrected chi connectivity index (χ4v) is 2.75. The molecular formula is C18H16ClN3O2. The van der Waals surface area contributed by atoms with E-state index in [1.165, 1.54) is 0 Å². The molecule has 0 saturated heterocycles. The van der Waals surface area contributed by atoms with Crippen molar-refractivity contribution in [3.63, 3.8) is 0 Å². The van der Waals surface area contributed by atoms with Crippen LogP contribution in [0.4, 0.5) is 10.5 Å². The second-order valence-electron chi connectivity index (χ2n) is 5.44. The van der Waals surface area contributed by atoms with Gasteiger partial charge in [0.1, 0.15) is 0 Å². The van der Waals surface area contributed by atoms with Crippen LogP contribution < -0.4 is 16.0 Å². The lowest BCUT2D eigenvalue weighted by Crippen LogP contribution is -2.45. The fraction of sp³-hybridized carbons (Fsp3) is 0.111. The third-order valence-corrected chi connectivity index (χ3v) is 4.00. The lowest BCUT2D eigenvalue weighted by molar-refractivity contribution is -0.113. The lowest BCUT2D eigenvalue weighted by Gasteiger charge is -2.28. The third kappa shape index (κ3) is 3.41. The Balaban J connectivity index is 1.94. The van der Waals surface area contributed by atoms with Gasteiger partial charge < -0.3 is 16.0 Å². The predicted octanol–water partition coefficient (Wildman–Crippen LogP) is 3.61. The second kappa shape index (κ2) is 6.76. The maximum absolute atomic E-state index is 12.7. The van der Waals surface area contributed by atoms with Crippen molar-refractivity contribution in [2.45, 2.75) is 13.0 Å². The number of urea groups is 1. The average molecular weight is 342 g/mol. The highest BCUT2D eigenvalue weighted by molar-refractivity contribution is 6.30. The molecule has 2 aromatic carbocycles. The summed E-state index contributed by atoms with van der Waals surface area (Å²) in [6, 6.07) is 15.3. The predicted molar refractivity (Wildman–Crippen MR) is 93.6 cm³/mol. The maximum atomic E-state index is 12.7. The van der Waals surface area contributed by atoms with Crippen LogP contribution in [-0.2, 0) is 4.79 Å². The van der Waals surface area contributed by atoms with Gasteiger partial charge in [0.15, 0.2) is 0 Å². The van der Waals surface area contributed by atoms with Crippen molar-refractivity contribution in [2.75, 3.05) is 5.32 Å². The van der Waals surface area contributed by atoms with Gasteiger partial charge in [-0.05, 0) is 36.8 Å². The van der Waals surface area contributed by atoms with Crippen LogP contribution in [0.3, 0.4) is 0 Å². The number of halogens is 1. The van der Waals surface area contributed by atoms with E-state index in [9.17, 15) is 9.59 Å². The molecule has 24 heavy (non-hydrogen) atoms. The molecule has 0 aliphatic carbocycles. The summed E-state index contributed by atoms with van der Waals surface area (Å²) in [6.07, 6.45) is 0. The molecule has 1 unspecified atom stereocenters. The van der Waals surface area contributed by atoms with Gasteiger partial charge in [-0.3, -0.25) is 4.79 Å². The molecule has 1 atom stereocenters. The first-order chi connectivity index (χ1) is 11.5. The summed E-state index contributed by atoms with van der Waals surface area (Å²) in [4.78, 5) is 24.6. The molecule has 0 aromatic heterocycles. The van der Waals surface area contributed by atoms with Crippen molar-refractivity contribution in [1.29, 1.82) is 0 Å². The van der Waals surface area contributed by atoms with E-state index in [2.05, 4.69) is 16.0 Å². The molecule has 6 heteroatoms. The van der Waals surface area contributed by atoms with Crippen molar-refractivity contribution < 1.29 is 9.59 Å². The molecule has 1 aliphatic rings. The molecule has 0 spiro atoms. The minimum absolute atomic E-state index is 0.272. The Morgan fingerprint density at radius 1 is 1.08 bits per heavy atom. The van der Waals surface area contributed by atoms with Crippen molar-refractivity contribution in [3.05, 3.63) is 76.5 Å². The zero-order valence-corrected chi connectivity index (χ0v) is 13.7. The van der Waals surface area contributed by atoms with Crippen LogP contribution in [-0.4, -0.2) is 11.9 Å². The van der Waals surface area contributed by atoms with Gasteiger partial charge in [0.25, 0.3) is 5.91 Å². The number of carbonyl (C=O) groups excluding carboxylic acids is 2. The van der Waals surface area contributed by atoms with Crippen LogP contribution in [0.2, 0.25) is 5.02 Å². The van der Waals surface area contributed by atoms with E-state index in [4.69, 9.17) is 11.6 Å². The van der Waals surface area contributed by atoms with Crippen LogP contribution in [0.25, 0.3) is 0 Å². The Morgan fingerprint density at radius 2 is 1.75 bits per heavy atom. The highest BCUT2D eigenvalue weighted by Crippen LogP contribution is 2.28. The minimum atomic E-state index is -0.542. The Bertz CT molecular complexity index is 801. The Hall–Kier alpha value is -2.79. The minimum Gasteiger partial charge on any atom is -0.327 e. The van der Waals surface area contributed by atoms with Crippen molar-refractivity contribution in [3.8, 4) is 0 Å². The number of carbonyl (C=O) groups is 2. The van der Waals surface area contributed by atoms with Crippen molar-refractivity contribution in [2.24, 2.45) is 0 Å². The fourth-order valence-electron chi connectivity index (χ4n) is 2.62. The van der Waals surface area contributed by atoms with Crippen LogP contribution >= 0.6 is 11.6 Å². The lowest BCUT2D eigenvalue weighted by atomic mass is 9.95. The van der Waals surface area contributed by atoms with Crippen LogP contribution in [0.5, 0.6) is 0 Å². The molecule has 0 radical (unpaired) electrons. The molecule has 3 N–H and O–H groups in total. The summed E-state index contributed by atoms with van der Waals surface area (Å²) in [5.74, 6) is -0.272. The standard InChI is InChI=1S/C18H16ClN3O2/c1-11-15(17(23)21-14-5-3-2-4-6-14)16(22-18(24)20-11)12-7-9-13(19)10-8-12/h2-10,16H,1H3,(H,21,23)(H2,20,22,24). The highest BCUT2D eigenvalue weighted by atomic mass is 35.5. The van der Waals surface area contributed by atoms with Gasteiger partial charge in [-0.1, -0.05) is 41.9 Å². The van der Waals surface area contributed by atoms with E-state index in [0.29, 0.717) is 22.0 Å². The van der Waals surface area contributed by atoms with Gasteiger partial charge in [0, 0.05) is 16.4 Å². The number of anilines is 1. The zero-order chi connectivity index (χ0) is 17.1. The topological polar surface area (TPSA) is 70.2 Å². The normalized spacial score (nSPS) is 17.1. The number of para-hydroxylation sites is 1. The van der Waals surface area contributed by atoms with E-state index in [1.807, 2.05) is 18.2 Å². The molecule has 1 heterocycles. The summed E-state index contributed by atoms with van der Waals surface area (Å²) in [7, 11) is 0. The van der Waals surface area contributed by atoms with Crippen LogP contribution in [0.15, 0.2) is 65.9 Å². The van der Waals surface area contributed by atoms with E-state index < -0.39 is 6.04 Å². The molecule has 122 valence electrons. The number of nitrogens with one attached hydrogen (secondary N) is 3. The van der Waals surface area contributed by atoms with Gasteiger partial charge in [-0.2, -0.15) is 0 Å². The summed E-state index contributed by atoms with van der Waals surface area (Å²) in [5, 5.41) is 8.88. The van der Waals surface area contributed by atoms with Crippen molar-refractivity contribution in [1.82, 2.24) is 10.6 Å². The summed E-state index contributed by atoms with van der Waals surface area (Å²) in [6.45, 7) is 1.71. The molecule has 1 aliphatic heterocycles. The number of hydrogen-bond acceptors (Lipinski definition) is 2. The first-order valence-electron chi connectivity index (χ1n) is 7.45. The van der Waals surface area contributed by atoms with E-state index >= 15 is 0 Å². The maximum Gasteiger partial charge on any atom is 0.319 e. The smallest absolute Gasteiger partial charge is 0.319 e. The monoisotopic (exact) mass is 341 g/mol. The molecule has 3 rings (SSSR count). The molecule has 0 fully saturated rings. The van der Waals surface area contributed by atoms with Gasteiger partial charge in [-0.25, -0.2) is 4.79 Å². The average Bonchev–Trinajstić information content (AvgIpc) is 2.55. The number of hydrogen-bond donors (Lipinski definition) is 3. The number of amides is 3. The van der Waals surface area contributed by atoms with E-state index in [-0.39, 0.29) is 11.9 Å². The largest absolute Gasteiger partial charge is 0.327 e. The van der Waals surface area contributed by atoms with E-state index in [0.717, 1.165) is 5.56 Å². The van der Waals surface area contributed by atoms with Crippen LogP contribution in [0, 0.1) is 0 Å². The van der Waals surface area contributed by atoms with Gasteiger partial charge in [-0.15, -0.1) is 0 Å². The van der Waals surface area contributed by atoms with Gasteiger partial charge in [0.2, 0.25) is 0 Å². The summed E-state index contributed by atoms with van der Waals surface area (Å²) < 4.78 is 0. The van der Waals surface area contributed by atoms with Gasteiger partial charge >= 0.3 is 6.03 Å². The second-order valence-corrected chi connectivity index (χ2v) is 5.88. The number of allylic oxidation sites excluding steroid dienone is 1. The molecular weight excluding hydrogens is 326 g/mol. The molecule has 2 aromatic rings. The number of benzene rings is 2. The van der Waals surface area contributed by atoms with E-state index in [1.54, 1.807) is 43.3 Å². The molecule has 0 bridgehead atoms.